The van der Waals surface area contributed by atoms with Crippen LogP contribution in [0.5, 0.6) is 0 Å². The van der Waals surface area contributed by atoms with Crippen LogP contribution < -0.4 is 0 Å². The number of thiol groups is 1. The number of aryl methyl sites for hydroxylation is 1. The van der Waals surface area contributed by atoms with Crippen LogP contribution >= 0.6 is 0 Å². The monoisotopic (exact) mass is 314 g/mol. The van der Waals surface area contributed by atoms with Crippen molar-refractivity contribution >= 4 is 10.7 Å². The zero-order chi connectivity index (χ0) is 15.5. The van der Waals surface area contributed by atoms with E-state index in [1.54, 1.807) is 37.2 Å². The topological polar surface area (TPSA) is 77.7 Å². The molecule has 0 radical (unpaired) electrons. The Labute approximate surface area is 129 Å². The molecule has 0 saturated carbocycles. The minimum atomic E-state index is -2.47. The van der Waals surface area contributed by atoms with Gasteiger partial charge in [-0.15, -0.1) is 0 Å². The number of imidazole rings is 1. The van der Waals surface area contributed by atoms with Gasteiger partial charge >= 0.3 is 0 Å². The Hall–Kier alpha value is -2.54. The SMILES string of the molecule is Cc1ccncc1-c1cncn1-c1ccc(C[SH](=O)=O)nc1. The highest BCUT2D eigenvalue weighted by molar-refractivity contribution is 7.71. The molecule has 22 heavy (non-hydrogen) atoms. The van der Waals surface area contributed by atoms with Crippen LogP contribution in [0, 0.1) is 6.92 Å². The number of rotatable bonds is 4. The molecule has 112 valence electrons. The molecule has 0 aliphatic heterocycles. The van der Waals surface area contributed by atoms with E-state index in [4.69, 9.17) is 0 Å². The van der Waals surface area contributed by atoms with Gasteiger partial charge in [0.25, 0.3) is 0 Å². The number of aromatic nitrogens is 4. The molecule has 3 heterocycles. The summed E-state index contributed by atoms with van der Waals surface area (Å²) in [4.78, 5) is 12.5. The van der Waals surface area contributed by atoms with Crippen LogP contribution in [0.1, 0.15) is 11.3 Å². The maximum atomic E-state index is 10.7. The second-order valence-electron chi connectivity index (χ2n) is 4.84. The minimum Gasteiger partial charge on any atom is -0.297 e. The first-order valence-corrected chi connectivity index (χ1v) is 8.02. The Bertz CT molecular complexity index is 861. The third-order valence-corrected chi connectivity index (χ3v) is 3.91. The maximum absolute atomic E-state index is 10.7. The van der Waals surface area contributed by atoms with Gasteiger partial charge in [-0.3, -0.25) is 14.5 Å². The molecule has 3 aromatic rings. The molecule has 3 aromatic heterocycles. The van der Waals surface area contributed by atoms with Crippen molar-refractivity contribution in [1.29, 1.82) is 0 Å². The fourth-order valence-electron chi connectivity index (χ4n) is 2.22. The quantitative estimate of drug-likeness (QED) is 0.742. The van der Waals surface area contributed by atoms with Crippen molar-refractivity contribution in [3.63, 3.8) is 0 Å². The van der Waals surface area contributed by atoms with E-state index in [1.165, 1.54) is 0 Å². The van der Waals surface area contributed by atoms with Gasteiger partial charge < -0.3 is 0 Å². The lowest BCUT2D eigenvalue weighted by Crippen LogP contribution is -1.99. The lowest BCUT2D eigenvalue weighted by Gasteiger charge is -2.10. The fourth-order valence-corrected chi connectivity index (χ4v) is 2.67. The lowest BCUT2D eigenvalue weighted by atomic mass is 10.1. The number of hydrogen-bond donors (Lipinski definition) is 1. The van der Waals surface area contributed by atoms with Crippen molar-refractivity contribution < 1.29 is 8.42 Å². The van der Waals surface area contributed by atoms with Gasteiger partial charge in [0.05, 0.1) is 41.5 Å². The Morgan fingerprint density at radius 2 is 1.95 bits per heavy atom. The summed E-state index contributed by atoms with van der Waals surface area (Å²) in [7, 11) is -2.47. The van der Waals surface area contributed by atoms with Crippen LogP contribution in [-0.4, -0.2) is 27.9 Å². The summed E-state index contributed by atoms with van der Waals surface area (Å²) in [6, 6.07) is 5.48. The highest BCUT2D eigenvalue weighted by Crippen LogP contribution is 2.24. The van der Waals surface area contributed by atoms with E-state index in [0.29, 0.717) is 5.69 Å². The fraction of sp³-hybridized carbons (Fsp3) is 0.133. The number of pyridine rings is 2. The van der Waals surface area contributed by atoms with Crippen molar-refractivity contribution in [2.24, 2.45) is 0 Å². The van der Waals surface area contributed by atoms with E-state index in [2.05, 4.69) is 15.0 Å². The molecule has 0 saturated heterocycles. The largest absolute Gasteiger partial charge is 0.297 e. The molecule has 6 nitrogen and oxygen atoms in total. The second kappa shape index (κ2) is 6.07. The molecule has 0 atom stereocenters. The van der Waals surface area contributed by atoms with Crippen molar-refractivity contribution in [2.75, 3.05) is 0 Å². The predicted octanol–water partition coefficient (Wildman–Crippen LogP) is 1.75. The summed E-state index contributed by atoms with van der Waals surface area (Å²) in [6.07, 6.45) is 8.66. The molecule has 0 aliphatic carbocycles. The summed E-state index contributed by atoms with van der Waals surface area (Å²) in [5.41, 5.74) is 4.35. The normalized spacial score (nSPS) is 11.0. The molecule has 0 unspecified atom stereocenters. The van der Waals surface area contributed by atoms with E-state index in [-0.39, 0.29) is 5.75 Å². The summed E-state index contributed by atoms with van der Waals surface area (Å²) in [6.45, 7) is 2.01. The summed E-state index contributed by atoms with van der Waals surface area (Å²) in [5, 5.41) is 0. The van der Waals surface area contributed by atoms with E-state index in [1.807, 2.05) is 23.6 Å². The summed E-state index contributed by atoms with van der Waals surface area (Å²) < 4.78 is 23.4. The third-order valence-electron chi connectivity index (χ3n) is 3.33. The van der Waals surface area contributed by atoms with Crippen molar-refractivity contribution in [3.8, 4) is 16.9 Å². The van der Waals surface area contributed by atoms with Crippen LogP contribution in [0.2, 0.25) is 0 Å². The zero-order valence-corrected chi connectivity index (χ0v) is 12.8. The molecule has 3 rings (SSSR count). The van der Waals surface area contributed by atoms with Crippen LogP contribution in [-0.2, 0) is 16.5 Å². The average Bonchev–Trinajstić information content (AvgIpc) is 2.97. The van der Waals surface area contributed by atoms with Gasteiger partial charge in [-0.2, -0.15) is 0 Å². The first kappa shape index (κ1) is 14.4. The minimum absolute atomic E-state index is 0.0475. The van der Waals surface area contributed by atoms with E-state index in [9.17, 15) is 8.42 Å². The standard InChI is InChI=1S/C15H14N4O2S/c1-11-4-5-16-7-14(11)15-8-17-10-19(15)13-3-2-12(18-6-13)9-22(20)21/h2-8,10,22H,9H2,1H3. The Morgan fingerprint density at radius 3 is 2.64 bits per heavy atom. The Kier molecular flexibility index (Phi) is 3.97. The number of hydrogen-bond acceptors (Lipinski definition) is 5. The molecular formula is C15H14N4O2S. The molecule has 0 aromatic carbocycles. The van der Waals surface area contributed by atoms with E-state index in [0.717, 1.165) is 22.5 Å². The van der Waals surface area contributed by atoms with Crippen LogP contribution in [0.25, 0.3) is 16.9 Å². The van der Waals surface area contributed by atoms with Gasteiger partial charge in [-0.1, -0.05) is 0 Å². The molecule has 0 spiro atoms. The number of nitrogens with zero attached hydrogens (tertiary/aromatic N) is 4. The van der Waals surface area contributed by atoms with Gasteiger partial charge in [-0.25, -0.2) is 13.4 Å². The summed E-state index contributed by atoms with van der Waals surface area (Å²) >= 11 is 0. The Balaban J connectivity index is 2.00. The molecule has 7 heteroatoms. The average molecular weight is 314 g/mol. The molecule has 0 amide bonds. The van der Waals surface area contributed by atoms with Crippen LogP contribution in [0.4, 0.5) is 0 Å². The van der Waals surface area contributed by atoms with Gasteiger partial charge in [0.1, 0.15) is 10.7 Å². The van der Waals surface area contributed by atoms with Gasteiger partial charge in [0.15, 0.2) is 0 Å². The first-order valence-electron chi connectivity index (χ1n) is 6.65. The maximum Gasteiger partial charge on any atom is 0.145 e. The molecule has 0 bridgehead atoms. The predicted molar refractivity (Wildman–Crippen MR) is 83.3 cm³/mol. The molecule has 0 fully saturated rings. The van der Waals surface area contributed by atoms with Gasteiger partial charge in [0.2, 0.25) is 0 Å². The van der Waals surface area contributed by atoms with Gasteiger partial charge in [0, 0.05) is 18.0 Å². The Morgan fingerprint density at radius 1 is 1.09 bits per heavy atom. The highest BCUT2D eigenvalue weighted by Gasteiger charge is 2.10. The lowest BCUT2D eigenvalue weighted by molar-refractivity contribution is 0.613. The van der Waals surface area contributed by atoms with E-state index < -0.39 is 10.7 Å². The molecule has 0 N–H and O–H groups in total. The smallest absolute Gasteiger partial charge is 0.145 e. The molecular weight excluding hydrogens is 300 g/mol. The second-order valence-corrected chi connectivity index (χ2v) is 5.82. The van der Waals surface area contributed by atoms with Crippen molar-refractivity contribution in [3.05, 3.63) is 60.6 Å². The first-order chi connectivity index (χ1) is 10.6. The van der Waals surface area contributed by atoms with Crippen molar-refractivity contribution in [1.82, 2.24) is 19.5 Å². The summed E-state index contributed by atoms with van der Waals surface area (Å²) in [5.74, 6) is -0.0475. The van der Waals surface area contributed by atoms with Crippen LogP contribution in [0.3, 0.4) is 0 Å². The highest BCUT2D eigenvalue weighted by atomic mass is 32.2. The van der Waals surface area contributed by atoms with E-state index >= 15 is 0 Å². The van der Waals surface area contributed by atoms with Crippen LogP contribution in [0.15, 0.2) is 49.3 Å². The molecule has 0 aliphatic rings. The zero-order valence-electron chi connectivity index (χ0n) is 11.9. The third kappa shape index (κ3) is 2.89. The van der Waals surface area contributed by atoms with Crippen molar-refractivity contribution in [2.45, 2.75) is 12.7 Å². The van der Waals surface area contributed by atoms with Gasteiger partial charge in [-0.05, 0) is 30.7 Å².